The standard InChI is InChI=1S/C20H26O3/c1-13(2)9-14-5-7-15(8-6-14)16(21)11-20-12-19(3,4)10-17(22)18(20)23-20/h5-8,13,18H,9-12H2,1-4H3. The van der Waals surface area contributed by atoms with Crippen LogP contribution in [0.25, 0.3) is 0 Å². The van der Waals surface area contributed by atoms with E-state index in [0.29, 0.717) is 18.8 Å². The summed E-state index contributed by atoms with van der Waals surface area (Å²) in [5.74, 6) is 0.835. The zero-order valence-electron chi connectivity index (χ0n) is 14.5. The number of benzene rings is 1. The summed E-state index contributed by atoms with van der Waals surface area (Å²) in [5, 5.41) is 0. The van der Waals surface area contributed by atoms with Gasteiger partial charge in [0, 0.05) is 18.4 Å². The fourth-order valence-corrected chi connectivity index (χ4v) is 4.00. The van der Waals surface area contributed by atoms with Crippen LogP contribution in [0.4, 0.5) is 0 Å². The number of ether oxygens (including phenoxy) is 1. The first-order valence-corrected chi connectivity index (χ1v) is 8.53. The van der Waals surface area contributed by atoms with Crippen molar-refractivity contribution in [3.63, 3.8) is 0 Å². The number of hydrogen-bond donors (Lipinski definition) is 0. The van der Waals surface area contributed by atoms with Gasteiger partial charge in [-0.25, -0.2) is 0 Å². The Hall–Kier alpha value is -1.48. The van der Waals surface area contributed by atoms with Crippen LogP contribution in [0, 0.1) is 11.3 Å². The number of epoxide rings is 1. The van der Waals surface area contributed by atoms with E-state index < -0.39 is 5.60 Å². The van der Waals surface area contributed by atoms with Gasteiger partial charge in [0.05, 0.1) is 0 Å². The third-order valence-electron chi connectivity index (χ3n) is 4.88. The fourth-order valence-electron chi connectivity index (χ4n) is 4.00. The normalized spacial score (nSPS) is 28.6. The zero-order chi connectivity index (χ0) is 16.8. The zero-order valence-corrected chi connectivity index (χ0v) is 14.5. The number of Topliss-reactive ketones (excluding diaryl/α,β-unsaturated/α-hetero) is 2. The molecule has 0 spiro atoms. The maximum absolute atomic E-state index is 12.6. The molecule has 23 heavy (non-hydrogen) atoms. The molecular weight excluding hydrogens is 288 g/mol. The number of carbonyl (C=O) groups excluding carboxylic acids is 2. The Morgan fingerprint density at radius 3 is 2.52 bits per heavy atom. The summed E-state index contributed by atoms with van der Waals surface area (Å²) < 4.78 is 5.71. The summed E-state index contributed by atoms with van der Waals surface area (Å²) in [6.07, 6.45) is 2.33. The molecule has 3 rings (SSSR count). The third kappa shape index (κ3) is 3.40. The molecule has 124 valence electrons. The Morgan fingerprint density at radius 2 is 1.91 bits per heavy atom. The first-order chi connectivity index (χ1) is 10.7. The molecule has 1 saturated carbocycles. The van der Waals surface area contributed by atoms with Gasteiger partial charge < -0.3 is 4.74 Å². The third-order valence-corrected chi connectivity index (χ3v) is 4.88. The molecule has 0 aromatic heterocycles. The second kappa shape index (κ2) is 5.55. The molecule has 0 N–H and O–H groups in total. The van der Waals surface area contributed by atoms with Crippen molar-refractivity contribution in [3.8, 4) is 0 Å². The molecule has 2 atom stereocenters. The first kappa shape index (κ1) is 16.4. The molecule has 0 amide bonds. The van der Waals surface area contributed by atoms with E-state index in [1.807, 2.05) is 24.3 Å². The largest absolute Gasteiger partial charge is 0.357 e. The van der Waals surface area contributed by atoms with Crippen molar-refractivity contribution in [2.75, 3.05) is 0 Å². The monoisotopic (exact) mass is 314 g/mol. The smallest absolute Gasteiger partial charge is 0.165 e. The van der Waals surface area contributed by atoms with Crippen molar-refractivity contribution in [1.29, 1.82) is 0 Å². The lowest BCUT2D eigenvalue weighted by atomic mass is 9.70. The number of hydrogen-bond acceptors (Lipinski definition) is 3. The van der Waals surface area contributed by atoms with E-state index >= 15 is 0 Å². The lowest BCUT2D eigenvalue weighted by molar-refractivity contribution is -0.123. The topological polar surface area (TPSA) is 46.7 Å². The molecule has 3 nitrogen and oxygen atoms in total. The molecule has 0 radical (unpaired) electrons. The van der Waals surface area contributed by atoms with Crippen molar-refractivity contribution in [2.24, 2.45) is 11.3 Å². The lowest BCUT2D eigenvalue weighted by Gasteiger charge is -2.31. The Morgan fingerprint density at radius 1 is 1.26 bits per heavy atom. The van der Waals surface area contributed by atoms with Gasteiger partial charge in [-0.15, -0.1) is 0 Å². The second-order valence-electron chi connectivity index (χ2n) is 8.44. The number of ketones is 2. The Labute approximate surface area is 138 Å². The molecule has 1 aliphatic carbocycles. The van der Waals surface area contributed by atoms with Gasteiger partial charge in [0.25, 0.3) is 0 Å². The first-order valence-electron chi connectivity index (χ1n) is 8.53. The number of fused-ring (bicyclic) bond motifs is 1. The SMILES string of the molecule is CC(C)Cc1ccc(C(=O)CC23CC(C)(C)CC(=O)C2O3)cc1. The number of rotatable bonds is 5. The van der Waals surface area contributed by atoms with Crippen molar-refractivity contribution >= 4 is 11.6 Å². The molecular formula is C20H26O3. The molecule has 1 aromatic rings. The van der Waals surface area contributed by atoms with Crippen LogP contribution in [0.1, 0.15) is 62.9 Å². The molecule has 2 aliphatic rings. The summed E-state index contributed by atoms with van der Waals surface area (Å²) in [6.45, 7) is 8.53. The van der Waals surface area contributed by atoms with Gasteiger partial charge >= 0.3 is 0 Å². The van der Waals surface area contributed by atoms with E-state index in [2.05, 4.69) is 27.7 Å². The van der Waals surface area contributed by atoms with Crippen LogP contribution in [0.5, 0.6) is 0 Å². The molecule has 3 heteroatoms. The number of carbonyl (C=O) groups is 2. The van der Waals surface area contributed by atoms with Gasteiger partial charge in [0.1, 0.15) is 11.7 Å². The fraction of sp³-hybridized carbons (Fsp3) is 0.600. The Bertz CT molecular complexity index is 627. The molecule has 1 aromatic carbocycles. The molecule has 1 aliphatic heterocycles. The molecule has 2 fully saturated rings. The molecule has 2 unspecified atom stereocenters. The minimum Gasteiger partial charge on any atom is -0.357 e. The van der Waals surface area contributed by atoms with Crippen LogP contribution < -0.4 is 0 Å². The molecule has 0 bridgehead atoms. The van der Waals surface area contributed by atoms with Crippen LogP contribution in [0.3, 0.4) is 0 Å². The summed E-state index contributed by atoms with van der Waals surface area (Å²) in [4.78, 5) is 24.7. The van der Waals surface area contributed by atoms with Gasteiger partial charge in [0.2, 0.25) is 0 Å². The average molecular weight is 314 g/mol. The van der Waals surface area contributed by atoms with Gasteiger partial charge in [-0.2, -0.15) is 0 Å². The van der Waals surface area contributed by atoms with Crippen molar-refractivity contribution in [1.82, 2.24) is 0 Å². The maximum atomic E-state index is 12.6. The van der Waals surface area contributed by atoms with E-state index in [1.165, 1.54) is 5.56 Å². The van der Waals surface area contributed by atoms with Gasteiger partial charge in [0.15, 0.2) is 11.6 Å². The summed E-state index contributed by atoms with van der Waals surface area (Å²) in [6, 6.07) is 7.88. The minimum absolute atomic E-state index is 0.0779. The summed E-state index contributed by atoms with van der Waals surface area (Å²) in [7, 11) is 0. The van der Waals surface area contributed by atoms with E-state index in [9.17, 15) is 9.59 Å². The van der Waals surface area contributed by atoms with Crippen molar-refractivity contribution in [3.05, 3.63) is 35.4 Å². The van der Waals surface area contributed by atoms with Gasteiger partial charge in [-0.1, -0.05) is 52.0 Å². The van der Waals surface area contributed by atoms with Crippen LogP contribution >= 0.6 is 0 Å². The predicted molar refractivity (Wildman–Crippen MR) is 89.6 cm³/mol. The van der Waals surface area contributed by atoms with E-state index in [-0.39, 0.29) is 23.1 Å². The molecule has 1 heterocycles. The van der Waals surface area contributed by atoms with E-state index in [1.54, 1.807) is 0 Å². The predicted octanol–water partition coefficient (Wildman–Crippen LogP) is 3.98. The highest BCUT2D eigenvalue weighted by atomic mass is 16.6. The Kier molecular flexibility index (Phi) is 3.96. The van der Waals surface area contributed by atoms with Crippen LogP contribution in [-0.4, -0.2) is 23.3 Å². The highest BCUT2D eigenvalue weighted by Crippen LogP contribution is 2.54. The average Bonchev–Trinajstić information content (AvgIpc) is 3.11. The van der Waals surface area contributed by atoms with Crippen molar-refractivity contribution in [2.45, 2.75) is 65.1 Å². The highest BCUT2D eigenvalue weighted by Gasteiger charge is 2.65. The van der Waals surface area contributed by atoms with Crippen molar-refractivity contribution < 1.29 is 14.3 Å². The van der Waals surface area contributed by atoms with E-state index in [4.69, 9.17) is 4.74 Å². The van der Waals surface area contributed by atoms with Crippen LogP contribution in [0.2, 0.25) is 0 Å². The summed E-state index contributed by atoms with van der Waals surface area (Å²) in [5.41, 5.74) is 1.36. The summed E-state index contributed by atoms with van der Waals surface area (Å²) >= 11 is 0. The quantitative estimate of drug-likeness (QED) is 0.610. The maximum Gasteiger partial charge on any atom is 0.165 e. The van der Waals surface area contributed by atoms with Crippen LogP contribution in [0.15, 0.2) is 24.3 Å². The van der Waals surface area contributed by atoms with E-state index in [0.717, 1.165) is 18.4 Å². The van der Waals surface area contributed by atoms with Crippen LogP contribution in [-0.2, 0) is 16.0 Å². The van der Waals surface area contributed by atoms with Gasteiger partial charge in [-0.3, -0.25) is 9.59 Å². The minimum atomic E-state index is -0.535. The Balaban J connectivity index is 1.69. The second-order valence-corrected chi connectivity index (χ2v) is 8.44. The highest BCUT2D eigenvalue weighted by molar-refractivity contribution is 5.99. The molecule has 1 saturated heterocycles. The lowest BCUT2D eigenvalue weighted by Crippen LogP contribution is -2.37. The van der Waals surface area contributed by atoms with Gasteiger partial charge in [-0.05, 0) is 29.7 Å².